The SMILES string of the molecule is O=C(C=Cc1cccc(C(F)(F)F)c1)OCc1cc(=O)oc2cc(O)ccc12. The van der Waals surface area contributed by atoms with E-state index >= 15 is 0 Å². The molecule has 0 aliphatic heterocycles. The molecule has 0 bridgehead atoms. The average Bonchev–Trinajstić information content (AvgIpc) is 2.63. The Balaban J connectivity index is 1.72. The minimum Gasteiger partial charge on any atom is -0.508 e. The summed E-state index contributed by atoms with van der Waals surface area (Å²) in [6.07, 6.45) is -2.28. The van der Waals surface area contributed by atoms with Gasteiger partial charge in [-0.3, -0.25) is 0 Å². The van der Waals surface area contributed by atoms with Crippen LogP contribution in [0.4, 0.5) is 13.2 Å². The van der Waals surface area contributed by atoms with Crippen molar-refractivity contribution in [2.24, 2.45) is 0 Å². The van der Waals surface area contributed by atoms with E-state index in [4.69, 9.17) is 9.15 Å². The van der Waals surface area contributed by atoms with Crippen molar-refractivity contribution in [3.8, 4) is 5.75 Å². The molecule has 0 saturated carbocycles. The van der Waals surface area contributed by atoms with Gasteiger partial charge in [-0.1, -0.05) is 12.1 Å². The molecule has 0 radical (unpaired) electrons. The van der Waals surface area contributed by atoms with Gasteiger partial charge in [-0.25, -0.2) is 9.59 Å². The van der Waals surface area contributed by atoms with E-state index in [2.05, 4.69) is 0 Å². The summed E-state index contributed by atoms with van der Waals surface area (Å²) in [5, 5.41) is 9.93. The Hall–Kier alpha value is -3.55. The molecule has 0 unspecified atom stereocenters. The van der Waals surface area contributed by atoms with Crippen LogP contribution in [0.2, 0.25) is 0 Å². The molecule has 0 aliphatic rings. The Morgan fingerprint density at radius 3 is 2.68 bits per heavy atom. The number of carbonyl (C=O) groups excluding carboxylic acids is 1. The Labute approximate surface area is 156 Å². The van der Waals surface area contributed by atoms with Gasteiger partial charge in [0.2, 0.25) is 0 Å². The Kier molecular flexibility index (Phi) is 5.21. The van der Waals surface area contributed by atoms with Gasteiger partial charge in [0.1, 0.15) is 17.9 Å². The van der Waals surface area contributed by atoms with Crippen LogP contribution >= 0.6 is 0 Å². The van der Waals surface area contributed by atoms with Gasteiger partial charge in [-0.05, 0) is 35.9 Å². The molecule has 0 fully saturated rings. The van der Waals surface area contributed by atoms with Crippen LogP contribution in [0.25, 0.3) is 17.0 Å². The van der Waals surface area contributed by atoms with E-state index in [-0.39, 0.29) is 23.5 Å². The zero-order chi connectivity index (χ0) is 20.3. The normalized spacial score (nSPS) is 11.8. The maximum Gasteiger partial charge on any atom is 0.416 e. The fourth-order valence-corrected chi connectivity index (χ4v) is 2.52. The molecule has 28 heavy (non-hydrogen) atoms. The minimum absolute atomic E-state index is 0.0891. The highest BCUT2D eigenvalue weighted by Gasteiger charge is 2.30. The van der Waals surface area contributed by atoms with Crippen LogP contribution in [-0.2, 0) is 22.3 Å². The van der Waals surface area contributed by atoms with Gasteiger partial charge < -0.3 is 14.3 Å². The predicted octanol–water partition coefficient (Wildman–Crippen LogP) is 4.27. The molecule has 8 heteroatoms. The van der Waals surface area contributed by atoms with E-state index in [1.165, 1.54) is 36.4 Å². The summed E-state index contributed by atoms with van der Waals surface area (Å²) in [6, 6.07) is 9.81. The van der Waals surface area contributed by atoms with Crippen molar-refractivity contribution in [3.63, 3.8) is 0 Å². The maximum absolute atomic E-state index is 12.7. The third kappa shape index (κ3) is 4.59. The molecule has 0 saturated heterocycles. The number of ether oxygens (including phenoxy) is 1. The van der Waals surface area contributed by atoms with Crippen LogP contribution in [0.1, 0.15) is 16.7 Å². The molecule has 2 aromatic carbocycles. The first-order valence-corrected chi connectivity index (χ1v) is 8.00. The van der Waals surface area contributed by atoms with Gasteiger partial charge in [0.25, 0.3) is 0 Å². The number of aromatic hydroxyl groups is 1. The molecule has 0 spiro atoms. The van der Waals surface area contributed by atoms with Gasteiger partial charge >= 0.3 is 17.8 Å². The average molecular weight is 390 g/mol. The van der Waals surface area contributed by atoms with Crippen molar-refractivity contribution < 1.29 is 32.2 Å². The van der Waals surface area contributed by atoms with Crippen molar-refractivity contribution in [2.45, 2.75) is 12.8 Å². The number of hydrogen-bond donors (Lipinski definition) is 1. The second-order valence-corrected chi connectivity index (χ2v) is 5.84. The molecule has 3 rings (SSSR count). The predicted molar refractivity (Wildman–Crippen MR) is 94.4 cm³/mol. The number of esters is 1. The van der Waals surface area contributed by atoms with E-state index in [0.29, 0.717) is 10.9 Å². The molecule has 1 N–H and O–H groups in total. The van der Waals surface area contributed by atoms with E-state index in [0.717, 1.165) is 24.3 Å². The highest BCUT2D eigenvalue weighted by molar-refractivity contribution is 5.87. The lowest BCUT2D eigenvalue weighted by Crippen LogP contribution is -2.06. The van der Waals surface area contributed by atoms with Crippen molar-refractivity contribution >= 4 is 23.0 Å². The number of rotatable bonds is 4. The van der Waals surface area contributed by atoms with Crippen molar-refractivity contribution in [3.05, 3.63) is 81.7 Å². The zero-order valence-corrected chi connectivity index (χ0v) is 14.2. The fraction of sp³-hybridized carbons (Fsp3) is 0.100. The van der Waals surface area contributed by atoms with Crippen molar-refractivity contribution in [1.29, 1.82) is 0 Å². The Bertz CT molecular complexity index is 1110. The molecule has 0 amide bonds. The van der Waals surface area contributed by atoms with Gasteiger partial charge in [0.15, 0.2) is 0 Å². The smallest absolute Gasteiger partial charge is 0.416 e. The molecule has 3 aromatic rings. The summed E-state index contributed by atoms with van der Waals surface area (Å²) >= 11 is 0. The minimum atomic E-state index is -4.48. The number of fused-ring (bicyclic) bond motifs is 1. The van der Waals surface area contributed by atoms with Gasteiger partial charge in [-0.2, -0.15) is 13.2 Å². The number of alkyl halides is 3. The van der Waals surface area contributed by atoms with Crippen LogP contribution in [0.15, 0.2) is 63.8 Å². The van der Waals surface area contributed by atoms with Crippen molar-refractivity contribution in [2.75, 3.05) is 0 Å². The zero-order valence-electron chi connectivity index (χ0n) is 14.2. The largest absolute Gasteiger partial charge is 0.508 e. The molecule has 0 atom stereocenters. The molecule has 5 nitrogen and oxygen atoms in total. The van der Waals surface area contributed by atoms with Crippen LogP contribution in [0, 0.1) is 0 Å². The summed E-state index contributed by atoms with van der Waals surface area (Å²) in [5.74, 6) is -0.883. The van der Waals surface area contributed by atoms with E-state index < -0.39 is 23.3 Å². The second-order valence-electron chi connectivity index (χ2n) is 5.84. The lowest BCUT2D eigenvalue weighted by molar-refractivity contribution is -0.139. The first-order valence-electron chi connectivity index (χ1n) is 8.00. The Morgan fingerprint density at radius 1 is 1.14 bits per heavy atom. The number of carbonyl (C=O) groups is 1. The lowest BCUT2D eigenvalue weighted by Gasteiger charge is -2.07. The highest BCUT2D eigenvalue weighted by Crippen LogP contribution is 2.29. The summed E-state index contributed by atoms with van der Waals surface area (Å²) in [4.78, 5) is 23.5. The molecular weight excluding hydrogens is 377 g/mol. The third-order valence-corrected chi connectivity index (χ3v) is 3.81. The van der Waals surface area contributed by atoms with E-state index in [9.17, 15) is 27.9 Å². The van der Waals surface area contributed by atoms with Crippen LogP contribution in [0.5, 0.6) is 5.75 Å². The van der Waals surface area contributed by atoms with Crippen LogP contribution < -0.4 is 5.63 Å². The number of phenolic OH excluding ortho intramolecular Hbond substituents is 1. The first-order chi connectivity index (χ1) is 13.2. The van der Waals surface area contributed by atoms with Crippen molar-refractivity contribution in [1.82, 2.24) is 0 Å². The molecule has 1 aromatic heterocycles. The molecule has 1 heterocycles. The summed E-state index contributed by atoms with van der Waals surface area (Å²) in [7, 11) is 0. The molecule has 0 aliphatic carbocycles. The fourth-order valence-electron chi connectivity index (χ4n) is 2.52. The second kappa shape index (κ2) is 7.59. The summed E-state index contributed by atoms with van der Waals surface area (Å²) in [6.45, 7) is -0.251. The monoisotopic (exact) mass is 390 g/mol. The van der Waals surface area contributed by atoms with Gasteiger partial charge in [0, 0.05) is 29.2 Å². The lowest BCUT2D eigenvalue weighted by atomic mass is 10.1. The summed E-state index contributed by atoms with van der Waals surface area (Å²) < 4.78 is 48.1. The summed E-state index contributed by atoms with van der Waals surface area (Å²) in [5.41, 5.74) is -0.810. The number of hydrogen-bond acceptors (Lipinski definition) is 5. The van der Waals surface area contributed by atoms with E-state index in [1.54, 1.807) is 0 Å². The number of phenols is 1. The molecule has 144 valence electrons. The highest BCUT2D eigenvalue weighted by atomic mass is 19.4. The van der Waals surface area contributed by atoms with Gasteiger partial charge in [-0.15, -0.1) is 0 Å². The quantitative estimate of drug-likeness (QED) is 0.409. The molecular formula is C20H13F3O5. The van der Waals surface area contributed by atoms with Crippen LogP contribution in [-0.4, -0.2) is 11.1 Å². The topological polar surface area (TPSA) is 76.7 Å². The third-order valence-electron chi connectivity index (χ3n) is 3.81. The standard InChI is InChI=1S/C20H13F3O5/c21-20(22,23)14-3-1-2-12(8-14)4-7-18(25)27-11-13-9-19(26)28-17-10-15(24)5-6-16(13)17/h1-10,24H,11H2. The number of halogens is 3. The van der Waals surface area contributed by atoms with Gasteiger partial charge in [0.05, 0.1) is 5.56 Å². The van der Waals surface area contributed by atoms with Crippen LogP contribution in [0.3, 0.4) is 0 Å². The number of benzene rings is 2. The maximum atomic E-state index is 12.7. The Morgan fingerprint density at radius 2 is 1.93 bits per heavy atom. The van der Waals surface area contributed by atoms with E-state index in [1.807, 2.05) is 0 Å². The first kappa shape index (κ1) is 19.2.